The number of nitro groups is 1. The first-order valence-corrected chi connectivity index (χ1v) is 5.76. The van der Waals surface area contributed by atoms with Gasteiger partial charge in [-0.3, -0.25) is 10.1 Å². The molecular weight excluding hydrogens is 220 g/mol. The number of nitro benzene ring substituents is 1. The van der Waals surface area contributed by atoms with E-state index in [1.807, 2.05) is 12.1 Å². The molecule has 0 aliphatic carbocycles. The molecule has 0 aromatic heterocycles. The lowest BCUT2D eigenvalue weighted by Gasteiger charge is -2.48. The quantitative estimate of drug-likeness (QED) is 0.578. The van der Waals surface area contributed by atoms with Crippen LogP contribution in [0.1, 0.15) is 6.42 Å². The van der Waals surface area contributed by atoms with Gasteiger partial charge < -0.3 is 9.64 Å². The van der Waals surface area contributed by atoms with Gasteiger partial charge in [0.25, 0.3) is 5.69 Å². The summed E-state index contributed by atoms with van der Waals surface area (Å²) in [7, 11) is 0. The molecule has 0 N–H and O–H groups in total. The van der Waals surface area contributed by atoms with Gasteiger partial charge in [-0.1, -0.05) is 0 Å². The minimum Gasteiger partial charge on any atom is -0.381 e. The number of benzene rings is 1. The SMILES string of the molecule is O=[N+]([O-])c1ccc(N2CC3(CCOC3)C2)cc1. The molecule has 2 aliphatic heterocycles. The molecule has 17 heavy (non-hydrogen) atoms. The predicted octanol–water partition coefficient (Wildman–Crippen LogP) is 1.82. The highest BCUT2D eigenvalue weighted by molar-refractivity contribution is 5.53. The molecule has 2 saturated heterocycles. The number of hydrogen-bond donors (Lipinski definition) is 0. The topological polar surface area (TPSA) is 55.6 Å². The molecule has 0 atom stereocenters. The summed E-state index contributed by atoms with van der Waals surface area (Å²) in [4.78, 5) is 12.4. The predicted molar refractivity (Wildman–Crippen MR) is 63.2 cm³/mol. The second kappa shape index (κ2) is 3.70. The van der Waals surface area contributed by atoms with Crippen molar-refractivity contribution in [2.45, 2.75) is 6.42 Å². The number of rotatable bonds is 2. The Morgan fingerprint density at radius 1 is 1.29 bits per heavy atom. The van der Waals surface area contributed by atoms with Gasteiger partial charge in [-0.05, 0) is 18.6 Å². The zero-order chi connectivity index (χ0) is 11.9. The van der Waals surface area contributed by atoms with Crippen LogP contribution in [0.3, 0.4) is 0 Å². The third-order valence-corrected chi connectivity index (χ3v) is 3.66. The van der Waals surface area contributed by atoms with Gasteiger partial charge in [-0.2, -0.15) is 0 Å². The van der Waals surface area contributed by atoms with Crippen LogP contribution in [0, 0.1) is 15.5 Å². The zero-order valence-electron chi connectivity index (χ0n) is 9.46. The van der Waals surface area contributed by atoms with Crippen LogP contribution in [0.4, 0.5) is 11.4 Å². The lowest BCUT2D eigenvalue weighted by Crippen LogP contribution is -2.56. The molecule has 1 spiro atoms. The Morgan fingerprint density at radius 3 is 2.53 bits per heavy atom. The number of hydrogen-bond acceptors (Lipinski definition) is 4. The second-order valence-corrected chi connectivity index (χ2v) is 4.93. The fraction of sp³-hybridized carbons (Fsp3) is 0.500. The monoisotopic (exact) mass is 234 g/mol. The van der Waals surface area contributed by atoms with Crippen LogP contribution in [0.15, 0.2) is 24.3 Å². The van der Waals surface area contributed by atoms with Gasteiger partial charge in [0.05, 0.1) is 11.5 Å². The van der Waals surface area contributed by atoms with Gasteiger partial charge >= 0.3 is 0 Å². The van der Waals surface area contributed by atoms with E-state index in [0.29, 0.717) is 5.41 Å². The van der Waals surface area contributed by atoms with Crippen molar-refractivity contribution < 1.29 is 9.66 Å². The Kier molecular flexibility index (Phi) is 2.29. The summed E-state index contributed by atoms with van der Waals surface area (Å²) in [6, 6.07) is 6.76. The Labute approximate surface area is 99.1 Å². The van der Waals surface area contributed by atoms with Gasteiger partial charge in [-0.15, -0.1) is 0 Å². The molecule has 0 unspecified atom stereocenters. The average molecular weight is 234 g/mol. The van der Waals surface area contributed by atoms with Gasteiger partial charge in [0.15, 0.2) is 0 Å². The molecule has 5 heteroatoms. The smallest absolute Gasteiger partial charge is 0.269 e. The van der Waals surface area contributed by atoms with Gasteiger partial charge in [0.2, 0.25) is 0 Å². The molecule has 1 aromatic rings. The largest absolute Gasteiger partial charge is 0.381 e. The van der Waals surface area contributed by atoms with Crippen molar-refractivity contribution >= 4 is 11.4 Å². The first kappa shape index (κ1) is 10.5. The normalized spacial score (nSPS) is 21.5. The molecular formula is C12H14N2O3. The molecule has 0 bridgehead atoms. The van der Waals surface area contributed by atoms with E-state index in [9.17, 15) is 10.1 Å². The Bertz CT molecular complexity index is 430. The Morgan fingerprint density at radius 2 is 2.00 bits per heavy atom. The van der Waals surface area contributed by atoms with Crippen molar-refractivity contribution in [1.29, 1.82) is 0 Å². The highest BCUT2D eigenvalue weighted by atomic mass is 16.6. The van der Waals surface area contributed by atoms with E-state index in [2.05, 4.69) is 4.90 Å². The maximum Gasteiger partial charge on any atom is 0.269 e. The van der Waals surface area contributed by atoms with Crippen molar-refractivity contribution in [3.8, 4) is 0 Å². The minimum absolute atomic E-state index is 0.146. The van der Waals surface area contributed by atoms with Gasteiger partial charge in [-0.25, -0.2) is 0 Å². The molecule has 0 radical (unpaired) electrons. The molecule has 0 amide bonds. The van der Waals surface area contributed by atoms with Gasteiger partial charge in [0, 0.05) is 42.9 Å². The van der Waals surface area contributed by atoms with Gasteiger partial charge in [0.1, 0.15) is 0 Å². The number of non-ortho nitro benzene ring substituents is 1. The van der Waals surface area contributed by atoms with E-state index >= 15 is 0 Å². The molecule has 3 rings (SSSR count). The number of nitrogens with zero attached hydrogens (tertiary/aromatic N) is 2. The van der Waals surface area contributed by atoms with E-state index < -0.39 is 0 Å². The first-order valence-electron chi connectivity index (χ1n) is 5.76. The van der Waals surface area contributed by atoms with Crippen molar-refractivity contribution in [3.05, 3.63) is 34.4 Å². The van der Waals surface area contributed by atoms with Crippen molar-refractivity contribution in [2.24, 2.45) is 5.41 Å². The fourth-order valence-electron chi connectivity index (χ4n) is 2.63. The molecule has 0 saturated carbocycles. The van der Waals surface area contributed by atoms with E-state index in [1.165, 1.54) is 0 Å². The van der Waals surface area contributed by atoms with Crippen LogP contribution in [-0.2, 0) is 4.74 Å². The zero-order valence-corrected chi connectivity index (χ0v) is 9.46. The summed E-state index contributed by atoms with van der Waals surface area (Å²) in [6.45, 7) is 3.74. The van der Waals surface area contributed by atoms with Crippen LogP contribution < -0.4 is 4.90 Å². The highest BCUT2D eigenvalue weighted by Gasteiger charge is 2.45. The third-order valence-electron chi connectivity index (χ3n) is 3.66. The number of anilines is 1. The molecule has 2 aliphatic rings. The first-order chi connectivity index (χ1) is 8.19. The average Bonchev–Trinajstić information content (AvgIpc) is 2.76. The van der Waals surface area contributed by atoms with Crippen LogP contribution in [0.25, 0.3) is 0 Å². The van der Waals surface area contributed by atoms with E-state index in [0.717, 1.165) is 38.4 Å². The van der Waals surface area contributed by atoms with Crippen LogP contribution in [0.2, 0.25) is 0 Å². The summed E-state index contributed by atoms with van der Waals surface area (Å²) in [5.41, 5.74) is 1.56. The maximum atomic E-state index is 10.5. The summed E-state index contributed by atoms with van der Waals surface area (Å²) < 4.78 is 5.42. The summed E-state index contributed by atoms with van der Waals surface area (Å²) in [5.74, 6) is 0. The minimum atomic E-state index is -0.369. The Balaban J connectivity index is 1.68. The third kappa shape index (κ3) is 1.76. The summed E-state index contributed by atoms with van der Waals surface area (Å²) in [6.07, 6.45) is 1.14. The molecule has 90 valence electrons. The van der Waals surface area contributed by atoms with E-state index in [-0.39, 0.29) is 10.6 Å². The lowest BCUT2D eigenvalue weighted by atomic mass is 9.79. The molecule has 2 heterocycles. The van der Waals surface area contributed by atoms with Crippen LogP contribution in [-0.4, -0.2) is 31.2 Å². The lowest BCUT2D eigenvalue weighted by molar-refractivity contribution is -0.384. The summed E-state index contributed by atoms with van der Waals surface area (Å²) in [5, 5.41) is 10.5. The molecule has 2 fully saturated rings. The van der Waals surface area contributed by atoms with Crippen molar-refractivity contribution in [1.82, 2.24) is 0 Å². The summed E-state index contributed by atoms with van der Waals surface area (Å²) >= 11 is 0. The van der Waals surface area contributed by atoms with E-state index in [1.54, 1.807) is 12.1 Å². The standard InChI is InChI=1S/C12H14N2O3/c15-14(16)11-3-1-10(2-4-11)13-7-12(8-13)5-6-17-9-12/h1-4H,5-9H2. The Hall–Kier alpha value is -1.62. The molecule has 5 nitrogen and oxygen atoms in total. The molecule has 1 aromatic carbocycles. The van der Waals surface area contributed by atoms with Crippen LogP contribution >= 0.6 is 0 Å². The van der Waals surface area contributed by atoms with Crippen molar-refractivity contribution in [3.63, 3.8) is 0 Å². The second-order valence-electron chi connectivity index (χ2n) is 4.93. The van der Waals surface area contributed by atoms with Crippen LogP contribution in [0.5, 0.6) is 0 Å². The van der Waals surface area contributed by atoms with Crippen molar-refractivity contribution in [2.75, 3.05) is 31.2 Å². The maximum absolute atomic E-state index is 10.5. The highest BCUT2D eigenvalue weighted by Crippen LogP contribution is 2.40. The number of ether oxygens (including phenoxy) is 1. The fourth-order valence-corrected chi connectivity index (χ4v) is 2.63. The van der Waals surface area contributed by atoms with E-state index in [4.69, 9.17) is 4.74 Å².